The van der Waals surface area contributed by atoms with Crippen LogP contribution in [-0.2, 0) is 18.6 Å². The lowest BCUT2D eigenvalue weighted by atomic mass is 10.0. The number of aromatic nitrogens is 5. The third kappa shape index (κ3) is 3.56. The van der Waals surface area contributed by atoms with Crippen LogP contribution in [0.1, 0.15) is 29.1 Å². The molecule has 0 radical (unpaired) electrons. The highest BCUT2D eigenvalue weighted by Crippen LogP contribution is 2.29. The molecular weight excluding hydrogens is 406 g/mol. The molecule has 0 saturated heterocycles. The van der Waals surface area contributed by atoms with Crippen LogP contribution in [0.3, 0.4) is 0 Å². The molecule has 0 aliphatic heterocycles. The number of aromatic amines is 1. The number of aryl methyl sites for hydroxylation is 2. The summed E-state index contributed by atoms with van der Waals surface area (Å²) >= 11 is 3.11. The van der Waals surface area contributed by atoms with E-state index in [1.165, 1.54) is 23.1 Å². The van der Waals surface area contributed by atoms with Crippen molar-refractivity contribution in [3.8, 4) is 17.1 Å². The van der Waals surface area contributed by atoms with Gasteiger partial charge in [-0.05, 0) is 37.8 Å². The number of ether oxygens (including phenoxy) is 1. The largest absolute Gasteiger partial charge is 0.497 e. The van der Waals surface area contributed by atoms with Crippen molar-refractivity contribution in [1.82, 2.24) is 24.6 Å². The Kier molecular flexibility index (Phi) is 4.84. The molecule has 1 aliphatic carbocycles. The number of methoxy groups -OCH3 is 1. The summed E-state index contributed by atoms with van der Waals surface area (Å²) in [6, 6.07) is 9.29. The maximum atomic E-state index is 12.7. The van der Waals surface area contributed by atoms with Gasteiger partial charge in [-0.2, -0.15) is 0 Å². The molecular formula is C20H19N5O2S2. The van der Waals surface area contributed by atoms with E-state index in [0.29, 0.717) is 16.7 Å². The molecule has 1 N–H and O–H groups in total. The van der Waals surface area contributed by atoms with E-state index in [9.17, 15) is 4.79 Å². The van der Waals surface area contributed by atoms with Crippen molar-refractivity contribution in [1.29, 1.82) is 0 Å². The molecule has 0 unspecified atom stereocenters. The highest BCUT2D eigenvalue weighted by atomic mass is 32.2. The number of nitrogens with one attached hydrogen (secondary N) is 1. The van der Waals surface area contributed by atoms with Crippen molar-refractivity contribution in [2.75, 3.05) is 7.11 Å². The first-order valence-electron chi connectivity index (χ1n) is 9.44. The van der Waals surface area contributed by atoms with Gasteiger partial charge in [0.05, 0.1) is 12.8 Å². The summed E-state index contributed by atoms with van der Waals surface area (Å²) in [5, 5.41) is 7.86. The van der Waals surface area contributed by atoms with Gasteiger partial charge in [0.2, 0.25) is 5.16 Å². The number of thioether (sulfide) groups is 1. The van der Waals surface area contributed by atoms with Gasteiger partial charge in [0.25, 0.3) is 5.56 Å². The zero-order chi connectivity index (χ0) is 19.8. The summed E-state index contributed by atoms with van der Waals surface area (Å²) < 4.78 is 7.05. The van der Waals surface area contributed by atoms with Gasteiger partial charge < -0.3 is 4.74 Å². The average molecular weight is 426 g/mol. The molecule has 4 aromatic rings. The highest BCUT2D eigenvalue weighted by Gasteiger charge is 2.18. The molecule has 0 saturated carbocycles. The van der Waals surface area contributed by atoms with E-state index < -0.39 is 0 Å². The molecule has 29 heavy (non-hydrogen) atoms. The maximum absolute atomic E-state index is 12.7. The predicted molar refractivity (Wildman–Crippen MR) is 114 cm³/mol. The number of nitrogens with zero attached hydrogens (tertiary/aromatic N) is 4. The van der Waals surface area contributed by atoms with Gasteiger partial charge in [-0.25, -0.2) is 9.97 Å². The van der Waals surface area contributed by atoms with Crippen LogP contribution in [0.2, 0.25) is 0 Å². The third-order valence-corrected chi connectivity index (χ3v) is 7.00. The van der Waals surface area contributed by atoms with Gasteiger partial charge in [0.15, 0.2) is 10.8 Å². The Morgan fingerprint density at radius 3 is 3.03 bits per heavy atom. The predicted octanol–water partition coefficient (Wildman–Crippen LogP) is 3.72. The fraction of sp³-hybridized carbons (Fsp3) is 0.300. The van der Waals surface area contributed by atoms with Crippen LogP contribution < -0.4 is 10.3 Å². The minimum atomic E-state index is 0.0112. The Hall–Kier alpha value is -2.65. The number of hydrogen-bond acceptors (Lipinski definition) is 7. The lowest BCUT2D eigenvalue weighted by Gasteiger charge is -2.09. The molecule has 0 spiro atoms. The second-order valence-corrected chi connectivity index (χ2v) is 8.87. The van der Waals surface area contributed by atoms with Crippen LogP contribution in [0.4, 0.5) is 0 Å². The summed E-state index contributed by atoms with van der Waals surface area (Å²) in [6.07, 6.45) is 4.35. The Morgan fingerprint density at radius 2 is 2.14 bits per heavy atom. The van der Waals surface area contributed by atoms with Crippen molar-refractivity contribution in [3.63, 3.8) is 0 Å². The van der Waals surface area contributed by atoms with Gasteiger partial charge in [0.1, 0.15) is 5.75 Å². The van der Waals surface area contributed by atoms with Crippen LogP contribution in [0, 0.1) is 0 Å². The van der Waals surface area contributed by atoms with E-state index in [1.807, 2.05) is 24.3 Å². The molecule has 1 aliphatic rings. The maximum Gasteiger partial charge on any atom is 0.259 e. The van der Waals surface area contributed by atoms with Crippen LogP contribution >= 0.6 is 23.1 Å². The number of rotatable bonds is 5. The highest BCUT2D eigenvalue weighted by molar-refractivity contribution is 7.98. The van der Waals surface area contributed by atoms with Crippen LogP contribution in [-0.4, -0.2) is 31.7 Å². The second-order valence-electron chi connectivity index (χ2n) is 6.87. The normalized spacial score (nSPS) is 13.6. The number of benzene rings is 1. The zero-order valence-electron chi connectivity index (χ0n) is 15.8. The zero-order valence-corrected chi connectivity index (χ0v) is 17.5. The number of thiazole rings is 1. The molecule has 1 aromatic carbocycles. The fourth-order valence-electron chi connectivity index (χ4n) is 3.56. The molecule has 9 heteroatoms. The molecule has 5 rings (SSSR count). The van der Waals surface area contributed by atoms with Crippen LogP contribution in [0.5, 0.6) is 5.75 Å². The first kappa shape index (κ1) is 18.4. The third-order valence-electron chi connectivity index (χ3n) is 4.97. The van der Waals surface area contributed by atoms with Crippen molar-refractivity contribution in [2.45, 2.75) is 36.6 Å². The van der Waals surface area contributed by atoms with Crippen molar-refractivity contribution in [2.24, 2.45) is 0 Å². The molecule has 7 nitrogen and oxygen atoms in total. The quantitative estimate of drug-likeness (QED) is 0.491. The molecule has 0 amide bonds. The Bertz CT molecular complexity index is 1240. The lowest BCUT2D eigenvalue weighted by molar-refractivity contribution is 0.415. The molecule has 3 heterocycles. The molecule has 0 fully saturated rings. The van der Waals surface area contributed by atoms with Gasteiger partial charge in [-0.3, -0.25) is 14.3 Å². The summed E-state index contributed by atoms with van der Waals surface area (Å²) in [5.74, 6) is 1.99. The summed E-state index contributed by atoms with van der Waals surface area (Å²) in [4.78, 5) is 24.0. The standard InChI is InChI=1S/C20H19N5O2S2/c1-27-14-6-4-5-12(9-14)18-22-19(24-23-18)28-11-13-10-17(26)25-15-7-2-3-8-16(15)29-20(25)21-13/h4-6,9-10H,2-3,7-8,11H2,1H3,(H,22,23,24). The molecule has 0 bridgehead atoms. The Morgan fingerprint density at radius 1 is 1.24 bits per heavy atom. The average Bonchev–Trinajstić information content (AvgIpc) is 3.37. The van der Waals surface area contributed by atoms with E-state index in [0.717, 1.165) is 46.9 Å². The smallest absolute Gasteiger partial charge is 0.259 e. The van der Waals surface area contributed by atoms with Crippen LogP contribution in [0.25, 0.3) is 16.3 Å². The van der Waals surface area contributed by atoms with E-state index in [4.69, 9.17) is 9.72 Å². The van der Waals surface area contributed by atoms with E-state index >= 15 is 0 Å². The number of hydrogen-bond donors (Lipinski definition) is 1. The van der Waals surface area contributed by atoms with Gasteiger partial charge >= 0.3 is 0 Å². The van der Waals surface area contributed by atoms with E-state index in [-0.39, 0.29) is 5.56 Å². The van der Waals surface area contributed by atoms with Crippen molar-refractivity contribution < 1.29 is 4.74 Å². The lowest BCUT2D eigenvalue weighted by Crippen LogP contribution is -2.17. The summed E-state index contributed by atoms with van der Waals surface area (Å²) in [6.45, 7) is 0. The van der Waals surface area contributed by atoms with Gasteiger partial charge in [-0.1, -0.05) is 23.9 Å². The van der Waals surface area contributed by atoms with Gasteiger partial charge in [-0.15, -0.1) is 16.4 Å². The van der Waals surface area contributed by atoms with E-state index in [1.54, 1.807) is 28.9 Å². The van der Waals surface area contributed by atoms with E-state index in [2.05, 4.69) is 15.2 Å². The molecule has 3 aromatic heterocycles. The Labute approximate surface area is 175 Å². The van der Waals surface area contributed by atoms with Crippen molar-refractivity contribution >= 4 is 28.1 Å². The SMILES string of the molecule is COc1cccc(-c2nc(SCc3cc(=O)n4c5c(sc4n3)CCCC5)n[nH]2)c1. The monoisotopic (exact) mass is 425 g/mol. The van der Waals surface area contributed by atoms with Gasteiger partial charge in [0, 0.05) is 28.0 Å². The van der Waals surface area contributed by atoms with Crippen molar-refractivity contribution in [3.05, 3.63) is 57.0 Å². The first-order valence-corrected chi connectivity index (χ1v) is 11.2. The first-order chi connectivity index (χ1) is 14.2. The summed E-state index contributed by atoms with van der Waals surface area (Å²) in [5.41, 5.74) is 2.83. The number of fused-ring (bicyclic) bond motifs is 3. The topological polar surface area (TPSA) is 85.2 Å². The molecule has 0 atom stereocenters. The Balaban J connectivity index is 1.36. The minimum Gasteiger partial charge on any atom is -0.497 e. The second kappa shape index (κ2) is 7.64. The summed E-state index contributed by atoms with van der Waals surface area (Å²) in [7, 11) is 1.64. The number of H-pyrrole nitrogens is 1. The fourth-order valence-corrected chi connectivity index (χ4v) is 5.49. The molecule has 148 valence electrons. The van der Waals surface area contributed by atoms with Crippen LogP contribution in [0.15, 0.2) is 40.3 Å². The minimum absolute atomic E-state index is 0.0112.